The number of nitrogens with zero attached hydrogens (tertiary/aromatic N) is 4. The number of H-pyrrole nitrogens is 2. The van der Waals surface area contributed by atoms with Crippen molar-refractivity contribution < 1.29 is 33.4 Å². The predicted octanol–water partition coefficient (Wildman–Crippen LogP) is 7.74. The second-order valence-corrected chi connectivity index (χ2v) is 15.8. The summed E-state index contributed by atoms with van der Waals surface area (Å²) < 4.78 is 16.0. The lowest BCUT2D eigenvalue weighted by molar-refractivity contribution is -0.134. The van der Waals surface area contributed by atoms with E-state index in [1.165, 1.54) is 14.2 Å². The molecule has 0 saturated carbocycles. The number of methoxy groups -OCH3 is 2. The Balaban J connectivity index is 0.958. The third kappa shape index (κ3) is 7.29. The van der Waals surface area contributed by atoms with Gasteiger partial charge in [-0.15, -0.1) is 0 Å². The van der Waals surface area contributed by atoms with Gasteiger partial charge in [-0.05, 0) is 97.0 Å². The molecule has 0 radical (unpaired) electrons. The van der Waals surface area contributed by atoms with Gasteiger partial charge in [-0.1, -0.05) is 48.5 Å². The highest BCUT2D eigenvalue weighted by Crippen LogP contribution is 2.43. The molecule has 3 aliphatic rings. The summed E-state index contributed by atoms with van der Waals surface area (Å²) in [5.41, 5.74) is 8.06. The Labute approximate surface area is 351 Å². The molecule has 2 fully saturated rings. The van der Waals surface area contributed by atoms with Gasteiger partial charge in [-0.2, -0.15) is 0 Å². The fraction of sp³-hybridized carbons (Fsp3) is 0.304. The standard InChI is InChI=1S/C46H46N8O7/c1-25(2)38(51-45(57)59-3)43(55)54-19-9-13-36(54)42-48-33-17-15-27-21-32-30-16-14-28(20-29(30)24-61-37(32)22-31(27)40(33)50-42)34-23-47-41(49-34)35-12-8-18-53(35)44(56)39(52-46(58)60-4)26-10-6-5-7-11-26/h5-7,10-11,14-17,20-23,35-36,39H,8-9,12-13,18-19,24H2,1-4H3,(H,47,49)(H,48,50)(H,51,57)(H,52,58)/t35?,36-,39+/m0/s1. The second-order valence-electron chi connectivity index (χ2n) is 15.8. The molecule has 4 amide bonds. The summed E-state index contributed by atoms with van der Waals surface area (Å²) in [5.74, 6) is 1.64. The number of imidazole rings is 2. The van der Waals surface area contributed by atoms with Gasteiger partial charge in [0.15, 0.2) is 0 Å². The summed E-state index contributed by atoms with van der Waals surface area (Å²) in [5, 5.41) is 7.26. The van der Waals surface area contributed by atoms with Crippen LogP contribution in [0.1, 0.15) is 80.4 Å². The zero-order valence-electron chi connectivity index (χ0n) is 34.3. The molecule has 0 bridgehead atoms. The van der Waals surface area contributed by atoms with Gasteiger partial charge in [0, 0.05) is 24.0 Å². The number of hydrogen-bond acceptors (Lipinski definition) is 9. The van der Waals surface area contributed by atoms with Gasteiger partial charge in [0.1, 0.15) is 35.7 Å². The van der Waals surface area contributed by atoms with Crippen LogP contribution in [0, 0.1) is 0 Å². The first-order chi connectivity index (χ1) is 29.6. The minimum Gasteiger partial charge on any atom is -0.488 e. The lowest BCUT2D eigenvalue weighted by Gasteiger charge is -2.28. The summed E-state index contributed by atoms with van der Waals surface area (Å²) in [6, 6.07) is 22.3. The number of rotatable bonds is 8. The fourth-order valence-electron chi connectivity index (χ4n) is 8.86. The van der Waals surface area contributed by atoms with Crippen LogP contribution in [0.3, 0.4) is 0 Å². The van der Waals surface area contributed by atoms with E-state index in [1.807, 2.05) is 42.5 Å². The first-order valence-electron chi connectivity index (χ1n) is 20.4. The average Bonchev–Trinajstić information content (AvgIpc) is 4.13. The minimum atomic E-state index is -0.896. The third-order valence-electron chi connectivity index (χ3n) is 11.9. The molecule has 312 valence electrons. The van der Waals surface area contributed by atoms with Gasteiger partial charge in [0.2, 0.25) is 0 Å². The van der Waals surface area contributed by atoms with Crippen molar-refractivity contribution in [1.29, 1.82) is 0 Å². The largest absolute Gasteiger partial charge is 0.488 e. The SMILES string of the molecule is COC(=O)NC(C(=O)N1CCC[C@H]1c1nc2c(ccc3cc4c(cc32)OCc2cc(-c3cnc(C5CCCN5C(=O)[C@H](NC(=O)OC)c5ccccc5)[nH]3)ccc2-4)[nH]1)=C(C)C. The molecule has 5 heterocycles. The number of benzene rings is 4. The van der Waals surface area contributed by atoms with Crippen molar-refractivity contribution in [1.82, 2.24) is 40.4 Å². The Kier molecular flexibility index (Phi) is 10.4. The Hall–Kier alpha value is -7.16. The van der Waals surface area contributed by atoms with E-state index >= 15 is 0 Å². The van der Waals surface area contributed by atoms with Crippen molar-refractivity contribution in [3.8, 4) is 28.1 Å². The van der Waals surface area contributed by atoms with E-state index < -0.39 is 18.2 Å². The van der Waals surface area contributed by atoms with Crippen LogP contribution < -0.4 is 15.4 Å². The molecule has 0 aliphatic carbocycles. The molecule has 15 nitrogen and oxygen atoms in total. The molecule has 61 heavy (non-hydrogen) atoms. The molecule has 3 atom stereocenters. The van der Waals surface area contributed by atoms with Gasteiger partial charge in [0.05, 0.1) is 49.2 Å². The van der Waals surface area contributed by atoms with Crippen molar-refractivity contribution in [3.05, 3.63) is 113 Å². The van der Waals surface area contributed by atoms with Crippen LogP contribution >= 0.6 is 0 Å². The molecule has 15 heteroatoms. The zero-order chi connectivity index (χ0) is 42.4. The molecule has 1 unspecified atom stereocenters. The van der Waals surface area contributed by atoms with E-state index in [9.17, 15) is 19.2 Å². The van der Waals surface area contributed by atoms with Gasteiger partial charge in [0.25, 0.3) is 11.8 Å². The Bertz CT molecular complexity index is 2740. The number of fused-ring (bicyclic) bond motifs is 6. The number of aromatic nitrogens is 4. The number of carbonyl (C=O) groups is 4. The number of hydrogen-bond donors (Lipinski definition) is 4. The highest BCUT2D eigenvalue weighted by Gasteiger charge is 2.38. The Morgan fingerprint density at radius 1 is 0.836 bits per heavy atom. The number of nitrogens with one attached hydrogen (secondary N) is 4. The van der Waals surface area contributed by atoms with Gasteiger partial charge in [-0.3, -0.25) is 14.9 Å². The summed E-state index contributed by atoms with van der Waals surface area (Å²) in [4.78, 5) is 72.3. The normalized spacial score (nSPS) is 17.3. The topological polar surface area (TPSA) is 184 Å². The lowest BCUT2D eigenvalue weighted by atomic mass is 9.92. The lowest BCUT2D eigenvalue weighted by Crippen LogP contribution is -2.42. The average molecular weight is 823 g/mol. The monoisotopic (exact) mass is 822 g/mol. The van der Waals surface area contributed by atoms with E-state index in [0.29, 0.717) is 42.5 Å². The molecule has 0 spiro atoms. The van der Waals surface area contributed by atoms with Gasteiger partial charge in [-0.25, -0.2) is 19.6 Å². The maximum absolute atomic E-state index is 14.0. The number of allylic oxidation sites excluding steroid dienone is 1. The van der Waals surface area contributed by atoms with Crippen molar-refractivity contribution in [2.75, 3.05) is 27.3 Å². The van der Waals surface area contributed by atoms with Crippen molar-refractivity contribution in [2.24, 2.45) is 0 Å². The molecule has 9 rings (SSSR count). The number of likely N-dealkylation sites (tertiary alicyclic amines) is 2. The summed E-state index contributed by atoms with van der Waals surface area (Å²) in [6.07, 6.45) is 3.51. The van der Waals surface area contributed by atoms with Gasteiger partial charge < -0.3 is 39.3 Å². The number of ether oxygens (including phenoxy) is 3. The fourth-order valence-corrected chi connectivity index (χ4v) is 8.86. The van der Waals surface area contributed by atoms with Crippen molar-refractivity contribution in [2.45, 2.75) is 64.3 Å². The first-order valence-corrected chi connectivity index (χ1v) is 20.4. The van der Waals surface area contributed by atoms with Gasteiger partial charge >= 0.3 is 12.2 Å². The summed E-state index contributed by atoms with van der Waals surface area (Å²) in [6.45, 7) is 5.01. The molecule has 4 aromatic carbocycles. The highest BCUT2D eigenvalue weighted by molar-refractivity contribution is 6.07. The molecule has 4 N–H and O–H groups in total. The molecule has 3 aliphatic heterocycles. The van der Waals surface area contributed by atoms with Crippen LogP contribution in [0.25, 0.3) is 44.2 Å². The van der Waals surface area contributed by atoms with Crippen molar-refractivity contribution in [3.63, 3.8) is 0 Å². The van der Waals surface area contributed by atoms with Crippen LogP contribution in [0.2, 0.25) is 0 Å². The molecule has 2 saturated heterocycles. The van der Waals surface area contributed by atoms with E-state index in [1.54, 1.807) is 29.8 Å². The Morgan fingerprint density at radius 3 is 2.34 bits per heavy atom. The number of carbonyl (C=O) groups excluding carboxylic acids is 4. The highest BCUT2D eigenvalue weighted by atomic mass is 16.5. The summed E-state index contributed by atoms with van der Waals surface area (Å²) >= 11 is 0. The number of amides is 4. The van der Waals surface area contributed by atoms with Crippen LogP contribution in [0.5, 0.6) is 5.75 Å². The second kappa shape index (κ2) is 16.1. The van der Waals surface area contributed by atoms with E-state index in [0.717, 1.165) is 81.2 Å². The number of alkyl carbamates (subject to hydrolysis) is 2. The first kappa shape index (κ1) is 39.3. The van der Waals surface area contributed by atoms with E-state index in [-0.39, 0.29) is 29.6 Å². The van der Waals surface area contributed by atoms with E-state index in [2.05, 4.69) is 50.9 Å². The van der Waals surface area contributed by atoms with Crippen LogP contribution in [-0.4, -0.2) is 81.0 Å². The molecule has 2 aromatic heterocycles. The molecule has 6 aromatic rings. The smallest absolute Gasteiger partial charge is 0.411 e. The molecular formula is C46H46N8O7. The maximum Gasteiger partial charge on any atom is 0.411 e. The van der Waals surface area contributed by atoms with E-state index in [4.69, 9.17) is 24.2 Å². The maximum atomic E-state index is 14.0. The van der Waals surface area contributed by atoms with Crippen LogP contribution in [-0.2, 0) is 25.7 Å². The Morgan fingerprint density at radius 2 is 1.59 bits per heavy atom. The predicted molar refractivity (Wildman–Crippen MR) is 227 cm³/mol. The quantitative estimate of drug-likeness (QED) is 0.112. The van der Waals surface area contributed by atoms with Crippen LogP contribution in [0.4, 0.5) is 9.59 Å². The summed E-state index contributed by atoms with van der Waals surface area (Å²) in [7, 11) is 2.55. The third-order valence-corrected chi connectivity index (χ3v) is 11.9. The van der Waals surface area contributed by atoms with Crippen molar-refractivity contribution >= 4 is 45.8 Å². The number of aromatic amines is 2. The zero-order valence-corrected chi connectivity index (χ0v) is 34.3. The minimum absolute atomic E-state index is 0.208. The van der Waals surface area contributed by atoms with Crippen LogP contribution in [0.15, 0.2) is 90.3 Å². The molecular weight excluding hydrogens is 777 g/mol.